The van der Waals surface area contributed by atoms with E-state index in [-0.39, 0.29) is 5.78 Å². The number of hydrogen-bond donors (Lipinski definition) is 0. The van der Waals surface area contributed by atoms with Crippen molar-refractivity contribution in [1.82, 2.24) is 4.31 Å². The van der Waals surface area contributed by atoms with Crippen molar-refractivity contribution in [3.05, 3.63) is 23.3 Å². The second-order valence-electron chi connectivity index (χ2n) is 2.56. The average Bonchev–Trinajstić information content (AvgIpc) is 1.93. The fourth-order valence-electron chi connectivity index (χ4n) is 0.735. The zero-order valence-corrected chi connectivity index (χ0v) is 7.52. The molecule has 0 saturated carbocycles. The van der Waals surface area contributed by atoms with Gasteiger partial charge in [0.1, 0.15) is 5.78 Å². The van der Waals surface area contributed by atoms with Crippen LogP contribution in [0.3, 0.4) is 0 Å². The van der Waals surface area contributed by atoms with Gasteiger partial charge >= 0.3 is 0 Å². The van der Waals surface area contributed by atoms with E-state index in [9.17, 15) is 4.79 Å². The van der Waals surface area contributed by atoms with Crippen molar-refractivity contribution < 1.29 is 4.79 Å². The summed E-state index contributed by atoms with van der Waals surface area (Å²) in [4.78, 5) is 10.7. The highest BCUT2D eigenvalue weighted by molar-refractivity contribution is 8.00. The Bertz CT molecular complexity index is 220. The number of carbonyl (C=O) groups is 1. The van der Waals surface area contributed by atoms with Crippen molar-refractivity contribution in [2.75, 3.05) is 6.54 Å². The average molecular weight is 169 g/mol. The molecule has 1 aliphatic heterocycles. The van der Waals surface area contributed by atoms with Crippen LogP contribution in [0, 0.1) is 0 Å². The van der Waals surface area contributed by atoms with Crippen LogP contribution in [0.2, 0.25) is 0 Å². The molecule has 0 fully saturated rings. The van der Waals surface area contributed by atoms with Gasteiger partial charge in [-0.05, 0) is 42.9 Å². The molecule has 0 saturated heterocycles. The molecule has 0 aromatic heterocycles. The van der Waals surface area contributed by atoms with Gasteiger partial charge in [0.25, 0.3) is 0 Å². The number of Topliss-reactive ketones (excluding diaryl/α,β-unsaturated/α-hetero) is 1. The zero-order chi connectivity index (χ0) is 8.27. The molecule has 1 aliphatic rings. The molecule has 0 spiro atoms. The third-order valence-corrected chi connectivity index (χ3v) is 2.25. The van der Waals surface area contributed by atoms with E-state index in [0.717, 1.165) is 0 Å². The summed E-state index contributed by atoms with van der Waals surface area (Å²) >= 11 is 1.56. The Morgan fingerprint density at radius 3 is 2.91 bits per heavy atom. The van der Waals surface area contributed by atoms with E-state index in [1.807, 2.05) is 28.9 Å². The third kappa shape index (κ3) is 2.80. The van der Waals surface area contributed by atoms with E-state index in [4.69, 9.17) is 0 Å². The Hall–Kier alpha value is -0.700. The lowest BCUT2D eigenvalue weighted by atomic mass is 10.3. The number of allylic oxidation sites excluding steroid dienone is 2. The van der Waals surface area contributed by atoms with Gasteiger partial charge in [0.05, 0.1) is 6.54 Å². The second kappa shape index (κ2) is 3.62. The molecule has 60 valence electrons. The minimum absolute atomic E-state index is 0.190. The van der Waals surface area contributed by atoms with Crippen LogP contribution in [0.5, 0.6) is 0 Å². The Balaban J connectivity index is 2.43. The first-order chi connectivity index (χ1) is 5.18. The minimum atomic E-state index is 0.190. The van der Waals surface area contributed by atoms with Crippen molar-refractivity contribution in [2.24, 2.45) is 0 Å². The highest BCUT2D eigenvalue weighted by Gasteiger charge is 2.04. The highest BCUT2D eigenvalue weighted by atomic mass is 32.2. The summed E-state index contributed by atoms with van der Waals surface area (Å²) in [6, 6.07) is 0. The first-order valence-corrected chi connectivity index (χ1v) is 4.30. The van der Waals surface area contributed by atoms with E-state index in [2.05, 4.69) is 0 Å². The maximum Gasteiger partial charge on any atom is 0.150 e. The molecule has 1 rings (SSSR count). The van der Waals surface area contributed by atoms with Gasteiger partial charge in [-0.2, -0.15) is 0 Å². The van der Waals surface area contributed by atoms with Crippen LogP contribution in [-0.4, -0.2) is 16.6 Å². The van der Waals surface area contributed by atoms with Gasteiger partial charge in [-0.1, -0.05) is 0 Å². The van der Waals surface area contributed by atoms with E-state index in [1.165, 1.54) is 5.57 Å². The van der Waals surface area contributed by atoms with Crippen LogP contribution >= 0.6 is 11.9 Å². The molecule has 0 amide bonds. The molecule has 11 heavy (non-hydrogen) atoms. The maximum absolute atomic E-state index is 10.7. The van der Waals surface area contributed by atoms with E-state index in [1.54, 1.807) is 18.9 Å². The van der Waals surface area contributed by atoms with E-state index in [0.29, 0.717) is 6.54 Å². The summed E-state index contributed by atoms with van der Waals surface area (Å²) in [5, 5.41) is 2.03. The Kier molecular flexibility index (Phi) is 2.76. The van der Waals surface area contributed by atoms with Gasteiger partial charge in [-0.3, -0.25) is 4.79 Å². The predicted octanol–water partition coefficient (Wildman–Crippen LogP) is 1.96. The molecule has 0 aliphatic carbocycles. The number of carbonyl (C=O) groups excluding carboxylic acids is 1. The van der Waals surface area contributed by atoms with Gasteiger partial charge in [0.15, 0.2) is 0 Å². The molecule has 0 N–H and O–H groups in total. The molecule has 0 aromatic carbocycles. The fourth-order valence-corrected chi connectivity index (χ4v) is 1.50. The van der Waals surface area contributed by atoms with Gasteiger partial charge in [-0.25, -0.2) is 0 Å². The zero-order valence-electron chi connectivity index (χ0n) is 6.70. The van der Waals surface area contributed by atoms with Gasteiger partial charge < -0.3 is 4.31 Å². The monoisotopic (exact) mass is 169 g/mol. The molecular formula is C8H11NOS. The van der Waals surface area contributed by atoms with Crippen molar-refractivity contribution >= 4 is 17.7 Å². The quantitative estimate of drug-likeness (QED) is 0.589. The molecule has 2 nitrogen and oxygen atoms in total. The number of hydrogen-bond acceptors (Lipinski definition) is 3. The van der Waals surface area contributed by atoms with Crippen LogP contribution in [0.1, 0.15) is 13.8 Å². The first-order valence-electron chi connectivity index (χ1n) is 3.46. The summed E-state index contributed by atoms with van der Waals surface area (Å²) < 4.78 is 1.91. The minimum Gasteiger partial charge on any atom is -0.312 e. The highest BCUT2D eigenvalue weighted by Crippen LogP contribution is 2.19. The van der Waals surface area contributed by atoms with Crippen molar-refractivity contribution in [1.29, 1.82) is 0 Å². The van der Waals surface area contributed by atoms with Crippen molar-refractivity contribution in [3.8, 4) is 0 Å². The SMILES string of the molecule is CC(=O)CN1C=CC(C)=CS1. The summed E-state index contributed by atoms with van der Waals surface area (Å²) in [6.07, 6.45) is 3.93. The van der Waals surface area contributed by atoms with E-state index >= 15 is 0 Å². The van der Waals surface area contributed by atoms with Crippen LogP contribution in [0.15, 0.2) is 23.3 Å². The van der Waals surface area contributed by atoms with Gasteiger partial charge in [-0.15, -0.1) is 0 Å². The lowest BCUT2D eigenvalue weighted by molar-refractivity contribution is -0.116. The number of rotatable bonds is 2. The molecule has 0 unspecified atom stereocenters. The number of nitrogens with zero attached hydrogens (tertiary/aromatic N) is 1. The molecule has 3 heteroatoms. The molecule has 0 bridgehead atoms. The lowest BCUT2D eigenvalue weighted by Gasteiger charge is -2.18. The molecule has 0 aromatic rings. The van der Waals surface area contributed by atoms with Gasteiger partial charge in [0, 0.05) is 6.20 Å². The smallest absolute Gasteiger partial charge is 0.150 e. The van der Waals surface area contributed by atoms with Crippen molar-refractivity contribution in [2.45, 2.75) is 13.8 Å². The topological polar surface area (TPSA) is 20.3 Å². The largest absolute Gasteiger partial charge is 0.312 e. The van der Waals surface area contributed by atoms with Crippen LogP contribution in [0.25, 0.3) is 0 Å². The Morgan fingerprint density at radius 2 is 2.45 bits per heavy atom. The Morgan fingerprint density at radius 1 is 1.73 bits per heavy atom. The lowest BCUT2D eigenvalue weighted by Crippen LogP contribution is -2.16. The summed E-state index contributed by atoms with van der Waals surface area (Å²) in [7, 11) is 0. The van der Waals surface area contributed by atoms with E-state index < -0.39 is 0 Å². The van der Waals surface area contributed by atoms with Crippen LogP contribution in [0.4, 0.5) is 0 Å². The predicted molar refractivity (Wildman–Crippen MR) is 47.9 cm³/mol. The molecule has 1 heterocycles. The van der Waals surface area contributed by atoms with Crippen LogP contribution < -0.4 is 0 Å². The standard InChI is InChI=1S/C8H11NOS/c1-7-3-4-9(11-6-7)5-8(2)10/h3-4,6H,5H2,1-2H3. The van der Waals surface area contributed by atoms with Crippen LogP contribution in [-0.2, 0) is 4.79 Å². The molecule has 0 radical (unpaired) electrons. The molecule has 0 atom stereocenters. The van der Waals surface area contributed by atoms with Crippen molar-refractivity contribution in [3.63, 3.8) is 0 Å². The summed E-state index contributed by atoms with van der Waals surface area (Å²) in [6.45, 7) is 4.12. The normalized spacial score (nSPS) is 16.5. The Labute approximate surface area is 71.1 Å². The van der Waals surface area contributed by atoms with Gasteiger partial charge in [0.2, 0.25) is 0 Å². The third-order valence-electron chi connectivity index (χ3n) is 1.26. The number of ketones is 1. The summed E-state index contributed by atoms with van der Waals surface area (Å²) in [5.41, 5.74) is 1.23. The summed E-state index contributed by atoms with van der Waals surface area (Å²) in [5.74, 6) is 0.190. The fraction of sp³-hybridized carbons (Fsp3) is 0.375. The first kappa shape index (κ1) is 8.40. The molecular weight excluding hydrogens is 158 g/mol. The second-order valence-corrected chi connectivity index (χ2v) is 3.48. The maximum atomic E-state index is 10.7.